The normalized spacial score (nSPS) is 16.7. The fraction of sp³-hybridized carbons (Fsp3) is 0.289. The van der Waals surface area contributed by atoms with E-state index in [1.165, 1.54) is 5.56 Å². The SMILES string of the molecule is CC1(C)C(/C=C/C=C/C=C/C=C2/N(CCCC(=O)[O-])c3ccccc3C2(C)C)=[N+](CCC(=O)[O-])c2ccc3cc(SOO[O-])ccc3c21.[Na+].[Na+]. The van der Waals surface area contributed by atoms with Crippen LogP contribution in [0.5, 0.6) is 0 Å². The van der Waals surface area contributed by atoms with E-state index in [1.54, 1.807) is 0 Å². The molecule has 5 rings (SSSR count). The number of carbonyl (C=O) groups excluding carboxylic acids is 2. The van der Waals surface area contributed by atoms with Crippen LogP contribution in [0.4, 0.5) is 11.4 Å². The van der Waals surface area contributed by atoms with Crippen LogP contribution in [0.3, 0.4) is 0 Å². The van der Waals surface area contributed by atoms with Crippen LogP contribution in [-0.2, 0) is 29.8 Å². The Kier molecular flexibility index (Phi) is 15.4. The van der Waals surface area contributed by atoms with Crippen LogP contribution in [-0.4, -0.2) is 35.3 Å². The Morgan fingerprint density at radius 1 is 0.880 bits per heavy atom. The summed E-state index contributed by atoms with van der Waals surface area (Å²) in [5.41, 5.74) is 5.67. The fourth-order valence-corrected chi connectivity index (χ4v) is 7.27. The van der Waals surface area contributed by atoms with Gasteiger partial charge in [0.25, 0.3) is 0 Å². The van der Waals surface area contributed by atoms with Crippen LogP contribution in [0.1, 0.15) is 58.1 Å². The number of hydrogen-bond donors (Lipinski definition) is 0. The molecule has 3 aromatic rings. The van der Waals surface area contributed by atoms with Gasteiger partial charge < -0.3 is 30.0 Å². The standard InChI is InChI=1S/C38H40N2O7S.2Na/c1-37(2)29-13-10-11-14-30(29)39(23-12-17-34(41)42)32(37)15-8-6-5-7-9-16-33-38(3,4)36-28-20-19-27(48-47-46-45)25-26(28)18-21-31(36)40(33)24-22-35(43)44;;/h5-11,13-16,18-21,25H,12,17,22-24H2,1-4H3,(H2-,41,42,43,44,45);;/q;2*+1/p-2. The Morgan fingerprint density at radius 3 is 2.30 bits per heavy atom. The molecule has 0 amide bonds. The molecule has 0 saturated heterocycles. The maximum absolute atomic E-state index is 11.5. The monoisotopic (exact) mass is 712 g/mol. The first-order valence-electron chi connectivity index (χ1n) is 15.8. The fourth-order valence-electron chi connectivity index (χ4n) is 6.87. The molecule has 0 N–H and O–H groups in total. The number of para-hydroxylation sites is 1. The summed E-state index contributed by atoms with van der Waals surface area (Å²) in [6.07, 6.45) is 14.2. The first kappa shape index (κ1) is 41.9. The zero-order valence-corrected chi connectivity index (χ0v) is 34.3. The third kappa shape index (κ3) is 9.11. The first-order valence-corrected chi connectivity index (χ1v) is 16.5. The molecule has 3 aromatic carbocycles. The molecular formula is C38H38N2Na2O7S. The van der Waals surface area contributed by atoms with Crippen molar-refractivity contribution in [3.63, 3.8) is 0 Å². The van der Waals surface area contributed by atoms with Gasteiger partial charge in [-0.2, -0.15) is 8.91 Å². The summed E-state index contributed by atoms with van der Waals surface area (Å²) in [5.74, 6) is -2.16. The van der Waals surface area contributed by atoms with Crippen molar-refractivity contribution in [3.05, 3.63) is 114 Å². The number of hydrogen-bond acceptors (Lipinski definition) is 9. The Balaban J connectivity index is 0.00000338. The largest absolute Gasteiger partial charge is 1.00 e. The summed E-state index contributed by atoms with van der Waals surface area (Å²) < 4.78 is 6.53. The summed E-state index contributed by atoms with van der Waals surface area (Å²) in [7, 11) is 0. The van der Waals surface area contributed by atoms with E-state index in [0.717, 1.165) is 51.2 Å². The number of nitrogens with zero attached hydrogens (tertiary/aromatic N) is 2. The number of allylic oxidation sites excluding steroid dienone is 8. The second-order valence-electron chi connectivity index (χ2n) is 12.8. The van der Waals surface area contributed by atoms with Crippen LogP contribution in [0, 0.1) is 0 Å². The number of anilines is 1. The number of carboxylic acids is 2. The molecule has 250 valence electrons. The van der Waals surface area contributed by atoms with Crippen LogP contribution < -0.4 is 79.5 Å². The Hall–Kier alpha value is -2.48. The topological polar surface area (TPSA) is 128 Å². The average Bonchev–Trinajstić information content (AvgIpc) is 3.40. The van der Waals surface area contributed by atoms with Gasteiger partial charge in [-0.05, 0) is 73.4 Å². The van der Waals surface area contributed by atoms with Crippen molar-refractivity contribution in [2.75, 3.05) is 18.0 Å². The van der Waals surface area contributed by atoms with Crippen LogP contribution in [0.25, 0.3) is 10.8 Å². The minimum absolute atomic E-state index is 0. The third-order valence-corrected chi connectivity index (χ3v) is 9.60. The maximum atomic E-state index is 11.5. The van der Waals surface area contributed by atoms with Gasteiger partial charge in [-0.15, -0.1) is 0 Å². The molecular weight excluding hydrogens is 674 g/mol. The van der Waals surface area contributed by atoms with E-state index in [2.05, 4.69) is 60.2 Å². The van der Waals surface area contributed by atoms with Gasteiger partial charge in [-0.1, -0.05) is 68.5 Å². The summed E-state index contributed by atoms with van der Waals surface area (Å²) >= 11 is 0.834. The molecule has 0 radical (unpaired) electrons. The molecule has 0 saturated carbocycles. The van der Waals surface area contributed by atoms with Crippen molar-refractivity contribution in [2.45, 2.75) is 62.7 Å². The molecule has 50 heavy (non-hydrogen) atoms. The van der Waals surface area contributed by atoms with E-state index in [4.69, 9.17) is 0 Å². The van der Waals surface area contributed by atoms with Gasteiger partial charge in [0, 0.05) is 64.3 Å². The van der Waals surface area contributed by atoms with Gasteiger partial charge in [0.15, 0.2) is 12.3 Å². The summed E-state index contributed by atoms with van der Waals surface area (Å²) in [5, 5.41) is 38.3. The van der Waals surface area contributed by atoms with Crippen LogP contribution in [0.15, 0.2) is 108 Å². The number of carboxylic acid groups (broad SMARTS) is 2. The predicted octanol–water partition coefficient (Wildman–Crippen LogP) is -1.52. The van der Waals surface area contributed by atoms with Gasteiger partial charge in [0.1, 0.15) is 0 Å². The summed E-state index contributed by atoms with van der Waals surface area (Å²) in [6.45, 7) is 9.44. The minimum Gasteiger partial charge on any atom is -0.691 e. The quantitative estimate of drug-likeness (QED) is 0.0489. The molecule has 0 aliphatic carbocycles. The van der Waals surface area contributed by atoms with E-state index >= 15 is 0 Å². The van der Waals surface area contributed by atoms with E-state index < -0.39 is 17.4 Å². The van der Waals surface area contributed by atoms with Gasteiger partial charge in [0.2, 0.25) is 5.69 Å². The maximum Gasteiger partial charge on any atom is 1.00 e. The van der Waals surface area contributed by atoms with Crippen molar-refractivity contribution < 1.29 is 98.1 Å². The Labute approximate surface area is 341 Å². The third-order valence-electron chi connectivity index (χ3n) is 9.03. The molecule has 0 fully saturated rings. The summed E-state index contributed by atoms with van der Waals surface area (Å²) in [4.78, 5) is 25.4. The predicted molar refractivity (Wildman–Crippen MR) is 181 cm³/mol. The second-order valence-corrected chi connectivity index (χ2v) is 13.6. The van der Waals surface area contributed by atoms with Crippen molar-refractivity contribution >= 4 is 51.8 Å². The molecule has 0 unspecified atom stereocenters. The van der Waals surface area contributed by atoms with E-state index in [0.29, 0.717) is 17.9 Å². The zero-order chi connectivity index (χ0) is 34.5. The molecule has 0 aromatic heterocycles. The molecule has 2 aliphatic rings. The molecule has 12 heteroatoms. The second kappa shape index (κ2) is 18.3. The molecule has 2 aliphatic heterocycles. The molecule has 0 spiro atoms. The smallest absolute Gasteiger partial charge is 0.691 e. The minimum atomic E-state index is -1.11. The van der Waals surface area contributed by atoms with E-state index in [9.17, 15) is 25.1 Å². The van der Waals surface area contributed by atoms with E-state index in [1.807, 2.05) is 83.5 Å². The number of carbonyl (C=O) groups is 2. The number of rotatable bonds is 14. The zero-order valence-electron chi connectivity index (χ0n) is 29.4. The van der Waals surface area contributed by atoms with Gasteiger partial charge in [-0.25, -0.2) is 0 Å². The van der Waals surface area contributed by atoms with Gasteiger partial charge >= 0.3 is 59.1 Å². The Bertz CT molecular complexity index is 1880. The van der Waals surface area contributed by atoms with Gasteiger partial charge in [0.05, 0.1) is 17.5 Å². The molecule has 0 bridgehead atoms. The van der Waals surface area contributed by atoms with Crippen molar-refractivity contribution in [1.82, 2.24) is 0 Å². The number of benzene rings is 3. The van der Waals surface area contributed by atoms with Crippen LogP contribution in [0.2, 0.25) is 0 Å². The number of fused-ring (bicyclic) bond motifs is 4. The van der Waals surface area contributed by atoms with Gasteiger partial charge in [-0.3, -0.25) is 5.04 Å². The van der Waals surface area contributed by atoms with Crippen molar-refractivity contribution in [1.29, 1.82) is 0 Å². The molecule has 0 atom stereocenters. The van der Waals surface area contributed by atoms with Crippen molar-refractivity contribution in [2.24, 2.45) is 0 Å². The molecule has 9 nitrogen and oxygen atoms in total. The number of aliphatic carboxylic acids is 2. The Morgan fingerprint density at radius 2 is 1.58 bits per heavy atom. The molecule has 2 heterocycles. The first-order chi connectivity index (χ1) is 23.0. The summed E-state index contributed by atoms with van der Waals surface area (Å²) in [6, 6.07) is 17.9. The van der Waals surface area contributed by atoms with Crippen molar-refractivity contribution in [3.8, 4) is 0 Å². The van der Waals surface area contributed by atoms with E-state index in [-0.39, 0.29) is 83.9 Å². The average molecular weight is 713 g/mol. The van der Waals surface area contributed by atoms with Crippen LogP contribution >= 0.6 is 12.0 Å².